The molecule has 226 valence electrons. The van der Waals surface area contributed by atoms with Crippen molar-refractivity contribution in [3.05, 3.63) is 46.5 Å². The van der Waals surface area contributed by atoms with E-state index >= 15 is 0 Å². The molecule has 12 heteroatoms. The number of rotatable bonds is 11. The molecule has 2 amide bonds. The van der Waals surface area contributed by atoms with Crippen molar-refractivity contribution in [1.29, 1.82) is 0 Å². The highest BCUT2D eigenvalue weighted by molar-refractivity contribution is 7.89. The van der Waals surface area contributed by atoms with Crippen molar-refractivity contribution in [1.82, 2.24) is 29.4 Å². The Morgan fingerprint density at radius 1 is 1.07 bits per heavy atom. The van der Waals surface area contributed by atoms with Gasteiger partial charge in [-0.3, -0.25) is 18.7 Å². The van der Waals surface area contributed by atoms with Crippen LogP contribution >= 0.6 is 0 Å². The molecule has 1 aliphatic carbocycles. The van der Waals surface area contributed by atoms with Gasteiger partial charge in [0.2, 0.25) is 15.9 Å². The predicted octanol–water partition coefficient (Wildman–Crippen LogP) is 1.95. The Morgan fingerprint density at radius 3 is 2.41 bits per heavy atom. The molecule has 41 heavy (non-hydrogen) atoms. The molecule has 2 aliphatic rings. The summed E-state index contributed by atoms with van der Waals surface area (Å²) in [4.78, 5) is 42.8. The van der Waals surface area contributed by atoms with E-state index in [9.17, 15) is 22.8 Å². The normalized spacial score (nSPS) is 19.9. The fourth-order valence-corrected chi connectivity index (χ4v) is 7.29. The quantitative estimate of drug-likeness (QED) is 0.367. The fourth-order valence-electron chi connectivity index (χ4n) is 5.89. The van der Waals surface area contributed by atoms with Crippen LogP contribution in [0.25, 0.3) is 11.3 Å². The minimum Gasteiger partial charge on any atom is -0.351 e. The molecule has 0 spiro atoms. The highest BCUT2D eigenvalue weighted by atomic mass is 32.2. The molecule has 1 saturated heterocycles. The first-order chi connectivity index (χ1) is 19.6. The van der Waals surface area contributed by atoms with Gasteiger partial charge in [-0.15, -0.1) is 0 Å². The first-order valence-corrected chi connectivity index (χ1v) is 16.4. The van der Waals surface area contributed by atoms with Crippen molar-refractivity contribution in [2.75, 3.05) is 38.5 Å². The summed E-state index contributed by atoms with van der Waals surface area (Å²) in [6, 6.07) is 8.81. The largest absolute Gasteiger partial charge is 0.351 e. The highest BCUT2D eigenvalue weighted by Gasteiger charge is 2.36. The van der Waals surface area contributed by atoms with Crippen molar-refractivity contribution in [2.24, 2.45) is 5.92 Å². The summed E-state index contributed by atoms with van der Waals surface area (Å²) in [6.45, 7) is 7.77. The van der Waals surface area contributed by atoms with Crippen molar-refractivity contribution < 1.29 is 18.0 Å². The van der Waals surface area contributed by atoms with E-state index in [1.165, 1.54) is 4.57 Å². The van der Waals surface area contributed by atoms with Gasteiger partial charge in [-0.05, 0) is 18.8 Å². The van der Waals surface area contributed by atoms with Gasteiger partial charge in [0, 0.05) is 57.3 Å². The summed E-state index contributed by atoms with van der Waals surface area (Å²) < 4.78 is 30.9. The number of nitrogens with one attached hydrogen (secondary N) is 3. The first-order valence-electron chi connectivity index (χ1n) is 14.8. The molecule has 2 atom stereocenters. The monoisotopic (exact) mass is 588 g/mol. The number of carbonyl (C=O) groups excluding carboxylic acids is 2. The third-order valence-corrected chi connectivity index (χ3v) is 9.51. The first kappa shape index (κ1) is 31.0. The Labute approximate surface area is 242 Å². The standard InChI is InChI=1S/C29H44N6O5S/c1-4-25(36)32-23-12-8-9-13-24(23)35-26(22-10-6-5-7-11-22)27(28(37)33-17-14-30-15-18-33)34(29(35)38)19-16-31-41(39,40)20-21(2)3/h5-7,10-11,21,23-24,30-31H,4,8-9,12-20H2,1-3H3,(H,32,36)/t23-,24?/m0/s1. The van der Waals surface area contributed by atoms with Gasteiger partial charge in [0.15, 0.2) is 0 Å². The summed E-state index contributed by atoms with van der Waals surface area (Å²) in [6.07, 6.45) is 3.59. The predicted molar refractivity (Wildman–Crippen MR) is 159 cm³/mol. The Bertz CT molecular complexity index is 1360. The van der Waals surface area contributed by atoms with Gasteiger partial charge in [0.25, 0.3) is 5.91 Å². The molecule has 3 N–H and O–H groups in total. The van der Waals surface area contributed by atoms with E-state index in [0.29, 0.717) is 44.7 Å². The number of imidazole rings is 1. The van der Waals surface area contributed by atoms with Crippen LogP contribution in [0.3, 0.4) is 0 Å². The molecule has 1 aromatic heterocycles. The number of hydrogen-bond donors (Lipinski definition) is 3. The lowest BCUT2D eigenvalue weighted by Gasteiger charge is -2.34. The van der Waals surface area contributed by atoms with Crippen LogP contribution in [0.4, 0.5) is 0 Å². The maximum absolute atomic E-state index is 14.4. The molecule has 2 heterocycles. The van der Waals surface area contributed by atoms with Gasteiger partial charge in [-0.2, -0.15) is 0 Å². The van der Waals surface area contributed by atoms with Crippen LogP contribution in [-0.4, -0.2) is 78.8 Å². The van der Waals surface area contributed by atoms with Crippen LogP contribution < -0.4 is 21.0 Å². The molecular weight excluding hydrogens is 544 g/mol. The van der Waals surface area contributed by atoms with Crippen molar-refractivity contribution in [3.8, 4) is 11.3 Å². The number of nitrogens with zero attached hydrogens (tertiary/aromatic N) is 3. The van der Waals surface area contributed by atoms with Crippen LogP contribution in [0.1, 0.15) is 69.4 Å². The third-order valence-electron chi connectivity index (χ3n) is 7.76. The molecule has 1 aromatic carbocycles. The van der Waals surface area contributed by atoms with E-state index in [1.807, 2.05) is 44.2 Å². The number of amides is 2. The zero-order chi connectivity index (χ0) is 29.6. The Morgan fingerprint density at radius 2 is 1.76 bits per heavy atom. The molecular formula is C29H44N6O5S. The lowest BCUT2D eigenvalue weighted by atomic mass is 9.89. The lowest BCUT2D eigenvalue weighted by molar-refractivity contribution is -0.122. The molecule has 11 nitrogen and oxygen atoms in total. The molecule has 1 unspecified atom stereocenters. The average molecular weight is 589 g/mol. The maximum atomic E-state index is 14.4. The second kappa shape index (κ2) is 13.8. The van der Waals surface area contributed by atoms with Crippen LogP contribution in [0.2, 0.25) is 0 Å². The zero-order valence-electron chi connectivity index (χ0n) is 24.4. The van der Waals surface area contributed by atoms with Crippen LogP contribution in [0.15, 0.2) is 35.1 Å². The molecule has 1 saturated carbocycles. The molecule has 1 aliphatic heterocycles. The van der Waals surface area contributed by atoms with E-state index in [2.05, 4.69) is 15.4 Å². The second-order valence-corrected chi connectivity index (χ2v) is 13.2. The minimum absolute atomic E-state index is 0.00879. The molecule has 2 fully saturated rings. The minimum atomic E-state index is -3.54. The van der Waals surface area contributed by atoms with Gasteiger partial charge in [0.05, 0.1) is 17.5 Å². The lowest BCUT2D eigenvalue weighted by Crippen LogP contribution is -2.47. The number of aromatic nitrogens is 2. The van der Waals surface area contributed by atoms with Crippen LogP contribution in [0, 0.1) is 5.92 Å². The number of benzene rings is 1. The second-order valence-electron chi connectivity index (χ2n) is 11.4. The van der Waals surface area contributed by atoms with Crippen LogP contribution in [0.5, 0.6) is 0 Å². The number of sulfonamides is 1. The fraction of sp³-hybridized carbons (Fsp3) is 0.621. The van der Waals surface area contributed by atoms with Crippen molar-refractivity contribution >= 4 is 21.8 Å². The average Bonchev–Trinajstić information content (AvgIpc) is 3.24. The summed E-state index contributed by atoms with van der Waals surface area (Å²) in [5, 5.41) is 6.38. The number of hydrogen-bond acceptors (Lipinski definition) is 6. The Hall–Kier alpha value is -2.96. The molecule has 0 bridgehead atoms. The maximum Gasteiger partial charge on any atom is 0.329 e. The Kier molecular flexibility index (Phi) is 10.4. The number of carbonyl (C=O) groups is 2. The topological polar surface area (TPSA) is 135 Å². The highest BCUT2D eigenvalue weighted by Crippen LogP contribution is 2.34. The van der Waals surface area contributed by atoms with E-state index in [1.54, 1.807) is 16.4 Å². The summed E-state index contributed by atoms with van der Waals surface area (Å²) >= 11 is 0. The van der Waals surface area contributed by atoms with Gasteiger partial charge >= 0.3 is 5.69 Å². The van der Waals surface area contributed by atoms with Crippen LogP contribution in [-0.2, 0) is 21.4 Å². The van der Waals surface area contributed by atoms with E-state index < -0.39 is 10.0 Å². The van der Waals surface area contributed by atoms with Crippen molar-refractivity contribution in [2.45, 2.75) is 71.5 Å². The summed E-state index contributed by atoms with van der Waals surface area (Å²) in [5.74, 6) is -0.401. The SMILES string of the molecule is CCC(=O)N[C@H]1CCCCC1n1c(-c2ccccc2)c(C(=O)N2CCNCC2)n(CCNS(=O)(=O)CC(C)C)c1=O. The summed E-state index contributed by atoms with van der Waals surface area (Å²) in [5.41, 5.74) is 1.14. The van der Waals surface area contributed by atoms with E-state index in [-0.39, 0.29) is 60.0 Å². The third kappa shape index (κ3) is 7.47. The Balaban J connectivity index is 1.86. The number of piperazine rings is 1. The molecule has 0 radical (unpaired) electrons. The van der Waals surface area contributed by atoms with Gasteiger partial charge in [-0.1, -0.05) is 63.9 Å². The van der Waals surface area contributed by atoms with Gasteiger partial charge < -0.3 is 15.5 Å². The summed E-state index contributed by atoms with van der Waals surface area (Å²) in [7, 11) is -3.54. The van der Waals surface area contributed by atoms with E-state index in [0.717, 1.165) is 24.8 Å². The molecule has 4 rings (SSSR count). The smallest absolute Gasteiger partial charge is 0.329 e. The zero-order valence-corrected chi connectivity index (χ0v) is 25.2. The van der Waals surface area contributed by atoms with Gasteiger partial charge in [0.1, 0.15) is 5.69 Å². The van der Waals surface area contributed by atoms with E-state index in [4.69, 9.17) is 0 Å². The van der Waals surface area contributed by atoms with Gasteiger partial charge in [-0.25, -0.2) is 17.9 Å². The molecule has 2 aromatic rings. The van der Waals surface area contributed by atoms with Crippen molar-refractivity contribution in [3.63, 3.8) is 0 Å².